The summed E-state index contributed by atoms with van der Waals surface area (Å²) < 4.78 is 0. The Morgan fingerprint density at radius 2 is 2.09 bits per heavy atom. The zero-order chi connectivity index (χ0) is 16.2. The molecule has 1 fully saturated rings. The first-order chi connectivity index (χ1) is 11.2. The zero-order valence-electron chi connectivity index (χ0n) is 13.8. The van der Waals surface area contributed by atoms with Gasteiger partial charge in [-0.1, -0.05) is 6.92 Å². The number of aromatic nitrogens is 1. The van der Waals surface area contributed by atoms with Gasteiger partial charge in [-0.25, -0.2) is 4.98 Å². The van der Waals surface area contributed by atoms with E-state index < -0.39 is 0 Å². The second-order valence-electron chi connectivity index (χ2n) is 6.50. The largest absolute Gasteiger partial charge is 0.353 e. The highest BCUT2D eigenvalue weighted by atomic mass is 32.1. The van der Waals surface area contributed by atoms with Gasteiger partial charge in [0.15, 0.2) is 5.01 Å². The molecule has 1 atom stereocenters. The highest BCUT2D eigenvalue weighted by Gasteiger charge is 2.27. The van der Waals surface area contributed by atoms with Crippen LogP contribution >= 0.6 is 11.3 Å². The number of nitrogens with one attached hydrogen (secondary N) is 1. The second kappa shape index (κ2) is 7.43. The van der Waals surface area contributed by atoms with E-state index in [1.807, 2.05) is 11.8 Å². The van der Waals surface area contributed by atoms with Crippen molar-refractivity contribution in [2.24, 2.45) is 0 Å². The summed E-state index contributed by atoms with van der Waals surface area (Å²) in [4.78, 5) is 32.0. The number of likely N-dealkylation sites (tertiary alicyclic amines) is 1. The number of hydrogen-bond acceptors (Lipinski definition) is 4. The Kier molecular flexibility index (Phi) is 5.30. The number of piperidine rings is 1. The molecule has 23 heavy (non-hydrogen) atoms. The molecule has 1 aliphatic carbocycles. The van der Waals surface area contributed by atoms with Gasteiger partial charge in [0.1, 0.15) is 0 Å². The van der Waals surface area contributed by atoms with Gasteiger partial charge in [0.2, 0.25) is 5.91 Å². The van der Waals surface area contributed by atoms with E-state index in [1.54, 1.807) is 0 Å². The van der Waals surface area contributed by atoms with Crippen molar-refractivity contribution in [3.8, 4) is 0 Å². The molecule has 126 valence electrons. The first-order valence-electron chi connectivity index (χ1n) is 8.74. The molecule has 6 heteroatoms. The van der Waals surface area contributed by atoms with Crippen LogP contribution in [0.3, 0.4) is 0 Å². The van der Waals surface area contributed by atoms with E-state index in [9.17, 15) is 9.59 Å². The summed E-state index contributed by atoms with van der Waals surface area (Å²) in [6.07, 6.45) is 7.47. The molecule has 0 bridgehead atoms. The van der Waals surface area contributed by atoms with Gasteiger partial charge in [0.25, 0.3) is 5.91 Å². The molecule has 3 rings (SSSR count). The van der Waals surface area contributed by atoms with Crippen molar-refractivity contribution in [1.29, 1.82) is 0 Å². The molecule has 0 radical (unpaired) electrons. The standard InChI is InChI=1S/C17H25N3O2S/c1-2-6-15(21)18-12-7-8-13-14(11-12)23-16(19-13)17(22)20-9-4-3-5-10-20/h12H,2-11H2,1H3,(H,18,21)/t12-/m0/s1. The number of nitrogens with zero attached hydrogens (tertiary/aromatic N) is 2. The fourth-order valence-corrected chi connectivity index (χ4v) is 4.50. The number of aryl methyl sites for hydroxylation is 1. The van der Waals surface area contributed by atoms with E-state index in [-0.39, 0.29) is 17.9 Å². The van der Waals surface area contributed by atoms with Gasteiger partial charge in [-0.3, -0.25) is 9.59 Å². The van der Waals surface area contributed by atoms with Crippen molar-refractivity contribution in [2.75, 3.05) is 13.1 Å². The third-order valence-electron chi connectivity index (χ3n) is 4.61. The molecule has 0 saturated carbocycles. The van der Waals surface area contributed by atoms with Crippen LogP contribution in [-0.4, -0.2) is 40.8 Å². The first-order valence-corrected chi connectivity index (χ1v) is 9.56. The maximum Gasteiger partial charge on any atom is 0.282 e. The Morgan fingerprint density at radius 3 is 2.83 bits per heavy atom. The van der Waals surface area contributed by atoms with Crippen LogP contribution in [0.4, 0.5) is 0 Å². The van der Waals surface area contributed by atoms with Crippen LogP contribution in [0.15, 0.2) is 0 Å². The molecule has 2 heterocycles. The fraction of sp³-hybridized carbons (Fsp3) is 0.706. The Morgan fingerprint density at radius 1 is 1.30 bits per heavy atom. The predicted molar refractivity (Wildman–Crippen MR) is 90.7 cm³/mol. The maximum absolute atomic E-state index is 12.6. The van der Waals surface area contributed by atoms with Crippen molar-refractivity contribution in [1.82, 2.24) is 15.2 Å². The lowest BCUT2D eigenvalue weighted by molar-refractivity contribution is -0.121. The van der Waals surface area contributed by atoms with Crippen molar-refractivity contribution in [2.45, 2.75) is 64.3 Å². The summed E-state index contributed by atoms with van der Waals surface area (Å²) in [6, 6.07) is 0.194. The molecule has 2 aliphatic rings. The van der Waals surface area contributed by atoms with Crippen LogP contribution in [0.5, 0.6) is 0 Å². The Hall–Kier alpha value is -1.43. The highest BCUT2D eigenvalue weighted by Crippen LogP contribution is 2.28. The number of carbonyl (C=O) groups excluding carboxylic acids is 2. The number of thiazole rings is 1. The topological polar surface area (TPSA) is 62.3 Å². The van der Waals surface area contributed by atoms with Gasteiger partial charge < -0.3 is 10.2 Å². The number of amides is 2. The third-order valence-corrected chi connectivity index (χ3v) is 5.72. The summed E-state index contributed by atoms with van der Waals surface area (Å²) in [5.74, 6) is 0.228. The molecule has 1 aromatic rings. The van der Waals surface area contributed by atoms with Crippen LogP contribution in [-0.2, 0) is 17.6 Å². The Labute approximate surface area is 141 Å². The molecule has 1 aromatic heterocycles. The quantitative estimate of drug-likeness (QED) is 0.920. The molecule has 2 amide bonds. The van der Waals surface area contributed by atoms with Crippen LogP contribution < -0.4 is 5.32 Å². The average molecular weight is 335 g/mol. The van der Waals surface area contributed by atoms with E-state index >= 15 is 0 Å². The summed E-state index contributed by atoms with van der Waals surface area (Å²) in [5.41, 5.74) is 1.07. The normalized spacial score (nSPS) is 20.9. The average Bonchev–Trinajstić information content (AvgIpc) is 2.98. The molecule has 1 saturated heterocycles. The minimum Gasteiger partial charge on any atom is -0.353 e. The van der Waals surface area contributed by atoms with Crippen molar-refractivity contribution < 1.29 is 9.59 Å². The molecule has 1 N–H and O–H groups in total. The molecule has 0 unspecified atom stereocenters. The van der Waals surface area contributed by atoms with Gasteiger partial charge in [0.05, 0.1) is 5.69 Å². The summed E-state index contributed by atoms with van der Waals surface area (Å²) in [7, 11) is 0. The van der Waals surface area contributed by atoms with E-state index in [1.165, 1.54) is 22.6 Å². The minimum absolute atomic E-state index is 0.0932. The van der Waals surface area contributed by atoms with Gasteiger partial charge in [-0.2, -0.15) is 0 Å². The highest BCUT2D eigenvalue weighted by molar-refractivity contribution is 7.13. The zero-order valence-corrected chi connectivity index (χ0v) is 14.6. The molecule has 0 aromatic carbocycles. The molecule has 5 nitrogen and oxygen atoms in total. The van der Waals surface area contributed by atoms with Gasteiger partial charge in [-0.05, 0) is 38.5 Å². The Balaban J connectivity index is 1.64. The summed E-state index contributed by atoms with van der Waals surface area (Å²) in [5, 5.41) is 3.74. The summed E-state index contributed by atoms with van der Waals surface area (Å²) in [6.45, 7) is 3.73. The molecular formula is C17H25N3O2S. The summed E-state index contributed by atoms with van der Waals surface area (Å²) >= 11 is 1.53. The fourth-order valence-electron chi connectivity index (χ4n) is 3.35. The minimum atomic E-state index is 0.0932. The van der Waals surface area contributed by atoms with E-state index in [0.717, 1.165) is 57.3 Å². The lowest BCUT2D eigenvalue weighted by Gasteiger charge is -2.25. The van der Waals surface area contributed by atoms with E-state index in [4.69, 9.17) is 0 Å². The van der Waals surface area contributed by atoms with E-state index in [0.29, 0.717) is 11.4 Å². The number of rotatable bonds is 4. The van der Waals surface area contributed by atoms with Crippen molar-refractivity contribution in [3.63, 3.8) is 0 Å². The number of carbonyl (C=O) groups is 2. The van der Waals surface area contributed by atoms with Crippen LogP contribution in [0.1, 0.15) is 65.8 Å². The predicted octanol–water partition coefficient (Wildman–Crippen LogP) is 2.54. The van der Waals surface area contributed by atoms with Gasteiger partial charge >= 0.3 is 0 Å². The first kappa shape index (κ1) is 16.4. The maximum atomic E-state index is 12.6. The van der Waals surface area contributed by atoms with Crippen LogP contribution in [0, 0.1) is 0 Å². The SMILES string of the molecule is CCCC(=O)N[C@H]1CCc2nc(C(=O)N3CCCCC3)sc2C1. The smallest absolute Gasteiger partial charge is 0.282 e. The molecule has 0 spiro atoms. The molecular weight excluding hydrogens is 310 g/mol. The lowest BCUT2D eigenvalue weighted by Crippen LogP contribution is -2.38. The lowest BCUT2D eigenvalue weighted by atomic mass is 9.97. The van der Waals surface area contributed by atoms with Crippen LogP contribution in [0.25, 0.3) is 0 Å². The molecule has 1 aliphatic heterocycles. The van der Waals surface area contributed by atoms with Crippen molar-refractivity contribution in [3.05, 3.63) is 15.6 Å². The Bertz CT molecular complexity index is 578. The number of hydrogen-bond donors (Lipinski definition) is 1. The second-order valence-corrected chi connectivity index (χ2v) is 7.58. The third kappa shape index (κ3) is 3.91. The van der Waals surface area contributed by atoms with Crippen molar-refractivity contribution >= 4 is 23.2 Å². The van der Waals surface area contributed by atoms with Gasteiger partial charge in [-0.15, -0.1) is 11.3 Å². The van der Waals surface area contributed by atoms with Gasteiger partial charge in [0, 0.05) is 36.9 Å². The monoisotopic (exact) mass is 335 g/mol. The number of fused-ring (bicyclic) bond motifs is 1. The van der Waals surface area contributed by atoms with E-state index in [2.05, 4.69) is 10.3 Å². The van der Waals surface area contributed by atoms with Crippen LogP contribution in [0.2, 0.25) is 0 Å².